The van der Waals surface area contributed by atoms with Crippen LogP contribution in [0.25, 0.3) is 33.5 Å². The molecule has 10 heteroatoms. The lowest BCUT2D eigenvalue weighted by Gasteiger charge is -2.11. The van der Waals surface area contributed by atoms with Gasteiger partial charge in [-0.15, -0.1) is 0 Å². The SMILES string of the molecule is CS(=O)(=O)c1ccc(-c2cnc(N)c(-c3ccc(-c4ccc(C(F)(F)F)cc4Cl)nc3)c2)cc1. The zero-order chi connectivity index (χ0) is 24.7. The number of halogens is 4. The first kappa shape index (κ1) is 23.7. The molecule has 4 aromatic rings. The van der Waals surface area contributed by atoms with Crippen molar-refractivity contribution in [3.05, 3.63) is 83.6 Å². The summed E-state index contributed by atoms with van der Waals surface area (Å²) < 4.78 is 62.0. The third-order valence-electron chi connectivity index (χ3n) is 5.18. The number of nitrogens with two attached hydrogens (primary N) is 1. The molecule has 2 N–H and O–H groups in total. The van der Waals surface area contributed by atoms with Crippen molar-refractivity contribution < 1.29 is 21.6 Å². The zero-order valence-corrected chi connectivity index (χ0v) is 19.2. The van der Waals surface area contributed by atoms with E-state index in [1.54, 1.807) is 36.5 Å². The van der Waals surface area contributed by atoms with E-state index in [9.17, 15) is 21.6 Å². The number of alkyl halides is 3. The lowest BCUT2D eigenvalue weighted by molar-refractivity contribution is -0.137. The molecule has 2 aromatic carbocycles. The fraction of sp³-hybridized carbons (Fsp3) is 0.0833. The zero-order valence-electron chi connectivity index (χ0n) is 17.6. The van der Waals surface area contributed by atoms with Crippen LogP contribution in [0, 0.1) is 0 Å². The van der Waals surface area contributed by atoms with Crippen LogP contribution < -0.4 is 5.73 Å². The molecule has 0 amide bonds. The summed E-state index contributed by atoms with van der Waals surface area (Å²) in [4.78, 5) is 8.79. The van der Waals surface area contributed by atoms with E-state index >= 15 is 0 Å². The van der Waals surface area contributed by atoms with Crippen LogP contribution in [-0.2, 0) is 16.0 Å². The summed E-state index contributed by atoms with van der Waals surface area (Å²) in [7, 11) is -3.31. The summed E-state index contributed by atoms with van der Waals surface area (Å²) in [6, 6.07) is 14.7. The summed E-state index contributed by atoms with van der Waals surface area (Å²) in [5.41, 5.74) is 8.72. The molecule has 0 aliphatic heterocycles. The van der Waals surface area contributed by atoms with Crippen LogP contribution in [0.1, 0.15) is 5.56 Å². The molecule has 2 aromatic heterocycles. The highest BCUT2D eigenvalue weighted by atomic mass is 35.5. The first-order chi connectivity index (χ1) is 15.9. The lowest BCUT2D eigenvalue weighted by atomic mass is 10.0. The first-order valence-corrected chi connectivity index (χ1v) is 12.1. The number of pyridine rings is 2. The Bertz CT molecular complexity index is 1470. The molecule has 4 rings (SSSR count). The van der Waals surface area contributed by atoms with E-state index < -0.39 is 21.6 Å². The maximum Gasteiger partial charge on any atom is 0.416 e. The van der Waals surface area contributed by atoms with Crippen molar-refractivity contribution >= 4 is 27.3 Å². The first-order valence-electron chi connectivity index (χ1n) is 9.83. The van der Waals surface area contributed by atoms with Gasteiger partial charge in [-0.25, -0.2) is 13.4 Å². The van der Waals surface area contributed by atoms with E-state index in [-0.39, 0.29) is 15.7 Å². The maximum absolute atomic E-state index is 12.9. The minimum atomic E-state index is -4.49. The van der Waals surface area contributed by atoms with E-state index in [1.165, 1.54) is 24.4 Å². The molecule has 34 heavy (non-hydrogen) atoms. The Morgan fingerprint density at radius 3 is 2.03 bits per heavy atom. The second kappa shape index (κ2) is 8.73. The largest absolute Gasteiger partial charge is 0.416 e. The average molecular weight is 504 g/mol. The number of aromatic nitrogens is 2. The second-order valence-electron chi connectivity index (χ2n) is 7.58. The van der Waals surface area contributed by atoms with Crippen LogP contribution in [0.3, 0.4) is 0 Å². The Morgan fingerprint density at radius 1 is 0.824 bits per heavy atom. The summed E-state index contributed by atoms with van der Waals surface area (Å²) in [6.45, 7) is 0. The van der Waals surface area contributed by atoms with Gasteiger partial charge >= 0.3 is 6.18 Å². The molecule has 0 unspecified atom stereocenters. The highest BCUT2D eigenvalue weighted by molar-refractivity contribution is 7.90. The Kier molecular flexibility index (Phi) is 6.09. The number of hydrogen-bond donors (Lipinski definition) is 1. The fourth-order valence-electron chi connectivity index (χ4n) is 3.37. The molecule has 0 aliphatic carbocycles. The number of rotatable bonds is 4. The lowest BCUT2D eigenvalue weighted by Crippen LogP contribution is -2.04. The molecule has 174 valence electrons. The van der Waals surface area contributed by atoms with Gasteiger partial charge in [0.05, 0.1) is 21.2 Å². The van der Waals surface area contributed by atoms with Crippen molar-refractivity contribution in [1.29, 1.82) is 0 Å². The second-order valence-corrected chi connectivity index (χ2v) is 10.0. The molecule has 0 spiro atoms. The Hall–Kier alpha value is -3.43. The van der Waals surface area contributed by atoms with Gasteiger partial charge in [-0.2, -0.15) is 13.2 Å². The summed E-state index contributed by atoms with van der Waals surface area (Å²) in [5, 5.41) is -0.0595. The quantitative estimate of drug-likeness (QED) is 0.362. The molecule has 0 aliphatic rings. The van der Waals surface area contributed by atoms with Crippen molar-refractivity contribution in [1.82, 2.24) is 9.97 Å². The van der Waals surface area contributed by atoms with Gasteiger partial charge in [-0.1, -0.05) is 35.9 Å². The molecular formula is C24H17ClF3N3O2S. The third-order valence-corrected chi connectivity index (χ3v) is 6.62. The van der Waals surface area contributed by atoms with Crippen molar-refractivity contribution in [2.45, 2.75) is 11.1 Å². The maximum atomic E-state index is 12.9. The van der Waals surface area contributed by atoms with Crippen molar-refractivity contribution in [3.8, 4) is 33.5 Å². The monoisotopic (exact) mass is 503 g/mol. The number of benzene rings is 2. The smallest absolute Gasteiger partial charge is 0.383 e. The van der Waals surface area contributed by atoms with Gasteiger partial charge in [0, 0.05) is 40.9 Å². The molecule has 0 saturated heterocycles. The van der Waals surface area contributed by atoms with Gasteiger partial charge in [0.15, 0.2) is 9.84 Å². The number of hydrogen-bond acceptors (Lipinski definition) is 5. The van der Waals surface area contributed by atoms with Crippen LogP contribution >= 0.6 is 11.6 Å². The van der Waals surface area contributed by atoms with Crippen LogP contribution in [0.2, 0.25) is 5.02 Å². The third kappa shape index (κ3) is 4.90. The molecule has 0 bridgehead atoms. The van der Waals surface area contributed by atoms with Crippen molar-refractivity contribution in [3.63, 3.8) is 0 Å². The number of anilines is 1. The van der Waals surface area contributed by atoms with Gasteiger partial charge in [0.2, 0.25) is 0 Å². The van der Waals surface area contributed by atoms with Crippen LogP contribution in [0.15, 0.2) is 78.0 Å². The van der Waals surface area contributed by atoms with E-state index in [2.05, 4.69) is 9.97 Å². The van der Waals surface area contributed by atoms with E-state index in [1.807, 2.05) is 0 Å². The van der Waals surface area contributed by atoms with Gasteiger partial charge < -0.3 is 5.73 Å². The molecule has 2 heterocycles. The van der Waals surface area contributed by atoms with Gasteiger partial charge in [0.25, 0.3) is 0 Å². The Labute approximate surface area is 199 Å². The number of nitrogens with zero attached hydrogens (tertiary/aromatic N) is 2. The molecular weight excluding hydrogens is 487 g/mol. The predicted octanol–water partition coefficient (Wildman–Crippen LogP) is 6.14. The molecule has 0 saturated carbocycles. The van der Waals surface area contributed by atoms with Crippen LogP contribution in [0.5, 0.6) is 0 Å². The fourth-order valence-corrected chi connectivity index (χ4v) is 4.28. The minimum absolute atomic E-state index is 0.0595. The minimum Gasteiger partial charge on any atom is -0.383 e. The van der Waals surface area contributed by atoms with Crippen LogP contribution in [-0.4, -0.2) is 24.6 Å². The Balaban J connectivity index is 1.66. The van der Waals surface area contributed by atoms with E-state index in [4.69, 9.17) is 17.3 Å². The molecule has 5 nitrogen and oxygen atoms in total. The molecule has 0 fully saturated rings. The topological polar surface area (TPSA) is 85.9 Å². The average Bonchev–Trinajstić information content (AvgIpc) is 2.78. The normalized spacial score (nSPS) is 12.0. The van der Waals surface area contributed by atoms with Gasteiger partial charge in [0.1, 0.15) is 5.82 Å². The molecule has 0 atom stereocenters. The summed E-state index contributed by atoms with van der Waals surface area (Å²) in [5.74, 6) is 0.263. The van der Waals surface area contributed by atoms with Gasteiger partial charge in [-0.3, -0.25) is 4.98 Å². The van der Waals surface area contributed by atoms with E-state index in [0.29, 0.717) is 22.4 Å². The van der Waals surface area contributed by atoms with Crippen molar-refractivity contribution in [2.24, 2.45) is 0 Å². The standard InChI is InChI=1S/C24H17ClF3N3O2S/c1-34(32,33)18-6-2-14(3-7-18)16-10-20(23(29)31-13-16)15-4-9-22(30-12-15)19-8-5-17(11-21(19)25)24(26,27)28/h2-13H,1H3,(H2,29,31). The van der Waals surface area contributed by atoms with Crippen molar-refractivity contribution in [2.75, 3.05) is 12.0 Å². The highest BCUT2D eigenvalue weighted by Crippen LogP contribution is 2.36. The number of sulfone groups is 1. The summed E-state index contributed by atoms with van der Waals surface area (Å²) >= 11 is 6.07. The number of nitrogen functional groups attached to an aromatic ring is 1. The predicted molar refractivity (Wildman–Crippen MR) is 126 cm³/mol. The summed E-state index contributed by atoms with van der Waals surface area (Å²) in [6.07, 6.45) is -0.231. The Morgan fingerprint density at radius 2 is 1.47 bits per heavy atom. The highest BCUT2D eigenvalue weighted by Gasteiger charge is 2.31. The van der Waals surface area contributed by atoms with Crippen LogP contribution in [0.4, 0.5) is 19.0 Å². The van der Waals surface area contributed by atoms with E-state index in [0.717, 1.165) is 29.5 Å². The molecule has 0 radical (unpaired) electrons. The van der Waals surface area contributed by atoms with Gasteiger partial charge in [-0.05, 0) is 42.0 Å².